The SMILES string of the molecule is Nc1cc2sccc2c(CCl)c1N. The zero-order valence-corrected chi connectivity index (χ0v) is 8.45. The summed E-state index contributed by atoms with van der Waals surface area (Å²) in [7, 11) is 0. The fraction of sp³-hybridized carbons (Fsp3) is 0.111. The van der Waals surface area contributed by atoms with Crippen LogP contribution in [0.4, 0.5) is 11.4 Å². The summed E-state index contributed by atoms with van der Waals surface area (Å²) in [6, 6.07) is 3.92. The van der Waals surface area contributed by atoms with Gasteiger partial charge in [0.15, 0.2) is 0 Å². The van der Waals surface area contributed by atoms with E-state index in [1.165, 1.54) is 0 Å². The molecule has 68 valence electrons. The van der Waals surface area contributed by atoms with Crippen molar-refractivity contribution in [2.24, 2.45) is 0 Å². The van der Waals surface area contributed by atoms with E-state index in [9.17, 15) is 0 Å². The topological polar surface area (TPSA) is 52.0 Å². The van der Waals surface area contributed by atoms with Gasteiger partial charge in [-0.1, -0.05) is 0 Å². The summed E-state index contributed by atoms with van der Waals surface area (Å²) in [5.74, 6) is 0.407. The van der Waals surface area contributed by atoms with Crippen molar-refractivity contribution in [3.63, 3.8) is 0 Å². The van der Waals surface area contributed by atoms with E-state index < -0.39 is 0 Å². The number of fused-ring (bicyclic) bond motifs is 1. The molecule has 0 fully saturated rings. The summed E-state index contributed by atoms with van der Waals surface area (Å²) >= 11 is 7.45. The molecule has 1 heterocycles. The maximum Gasteiger partial charge on any atom is 0.0599 e. The minimum atomic E-state index is 0.407. The van der Waals surface area contributed by atoms with Crippen molar-refractivity contribution in [3.05, 3.63) is 23.1 Å². The van der Waals surface area contributed by atoms with E-state index >= 15 is 0 Å². The van der Waals surface area contributed by atoms with Crippen LogP contribution in [0.5, 0.6) is 0 Å². The minimum absolute atomic E-state index is 0.407. The van der Waals surface area contributed by atoms with Gasteiger partial charge in [-0.3, -0.25) is 0 Å². The van der Waals surface area contributed by atoms with E-state index in [2.05, 4.69) is 0 Å². The number of anilines is 2. The van der Waals surface area contributed by atoms with Crippen LogP contribution in [0.25, 0.3) is 10.1 Å². The fourth-order valence-corrected chi connectivity index (χ4v) is 2.52. The van der Waals surface area contributed by atoms with Crippen molar-refractivity contribution in [1.29, 1.82) is 0 Å². The van der Waals surface area contributed by atoms with Gasteiger partial charge in [0, 0.05) is 10.3 Å². The van der Waals surface area contributed by atoms with Gasteiger partial charge in [0.2, 0.25) is 0 Å². The Morgan fingerprint density at radius 1 is 1.38 bits per heavy atom. The van der Waals surface area contributed by atoms with Crippen LogP contribution in [0.2, 0.25) is 0 Å². The lowest BCUT2D eigenvalue weighted by Gasteiger charge is -2.06. The molecule has 0 saturated carbocycles. The maximum atomic E-state index is 5.81. The zero-order chi connectivity index (χ0) is 9.42. The van der Waals surface area contributed by atoms with Crippen LogP contribution in [0.3, 0.4) is 0 Å². The molecule has 0 bridgehead atoms. The van der Waals surface area contributed by atoms with Gasteiger partial charge >= 0.3 is 0 Å². The van der Waals surface area contributed by atoms with E-state index in [1.54, 1.807) is 11.3 Å². The highest BCUT2D eigenvalue weighted by atomic mass is 35.5. The zero-order valence-electron chi connectivity index (χ0n) is 6.88. The van der Waals surface area contributed by atoms with Crippen molar-refractivity contribution < 1.29 is 0 Å². The van der Waals surface area contributed by atoms with E-state index in [-0.39, 0.29) is 0 Å². The van der Waals surface area contributed by atoms with E-state index in [0.717, 1.165) is 15.6 Å². The quantitative estimate of drug-likeness (QED) is 0.564. The Morgan fingerprint density at radius 3 is 2.85 bits per heavy atom. The molecule has 2 nitrogen and oxygen atoms in total. The average molecular weight is 213 g/mol. The van der Waals surface area contributed by atoms with Crippen LogP contribution in [0, 0.1) is 0 Å². The van der Waals surface area contributed by atoms with Gasteiger partial charge in [-0.05, 0) is 22.9 Å². The van der Waals surface area contributed by atoms with Crippen molar-refractivity contribution in [1.82, 2.24) is 0 Å². The summed E-state index contributed by atoms with van der Waals surface area (Å²) in [5.41, 5.74) is 13.7. The first-order valence-corrected chi connectivity index (χ1v) is 5.25. The number of hydrogen-bond acceptors (Lipinski definition) is 3. The van der Waals surface area contributed by atoms with E-state index in [0.29, 0.717) is 17.3 Å². The minimum Gasteiger partial charge on any atom is -0.397 e. The molecule has 2 aromatic rings. The highest BCUT2D eigenvalue weighted by Crippen LogP contribution is 2.33. The van der Waals surface area contributed by atoms with Gasteiger partial charge in [-0.2, -0.15) is 0 Å². The smallest absolute Gasteiger partial charge is 0.0599 e. The Hall–Kier alpha value is -0.930. The largest absolute Gasteiger partial charge is 0.397 e. The van der Waals surface area contributed by atoms with Crippen molar-refractivity contribution in [2.45, 2.75) is 5.88 Å². The van der Waals surface area contributed by atoms with Gasteiger partial charge in [-0.25, -0.2) is 0 Å². The second kappa shape index (κ2) is 3.09. The molecule has 0 saturated heterocycles. The Kier molecular flexibility index (Phi) is 2.06. The summed E-state index contributed by atoms with van der Waals surface area (Å²) in [6.45, 7) is 0. The normalized spacial score (nSPS) is 10.8. The van der Waals surface area contributed by atoms with E-state index in [4.69, 9.17) is 23.1 Å². The van der Waals surface area contributed by atoms with Crippen molar-refractivity contribution >= 4 is 44.4 Å². The van der Waals surface area contributed by atoms with Crippen LogP contribution in [-0.2, 0) is 5.88 Å². The summed E-state index contributed by atoms with van der Waals surface area (Å²) in [5, 5.41) is 3.13. The summed E-state index contributed by atoms with van der Waals surface area (Å²) in [4.78, 5) is 0. The van der Waals surface area contributed by atoms with Crippen molar-refractivity contribution in [3.8, 4) is 0 Å². The lowest BCUT2D eigenvalue weighted by Crippen LogP contribution is -1.98. The number of thiophene rings is 1. The number of benzene rings is 1. The molecule has 0 unspecified atom stereocenters. The van der Waals surface area contributed by atoms with Gasteiger partial charge in [0.05, 0.1) is 17.3 Å². The Bertz CT molecular complexity index is 450. The lowest BCUT2D eigenvalue weighted by molar-refractivity contribution is 1.46. The number of nitrogens with two attached hydrogens (primary N) is 2. The van der Waals surface area contributed by atoms with Crippen LogP contribution in [0.1, 0.15) is 5.56 Å². The Labute approximate surface area is 85.1 Å². The molecular weight excluding hydrogens is 204 g/mol. The molecule has 0 atom stereocenters. The number of halogens is 1. The van der Waals surface area contributed by atoms with Crippen LogP contribution in [-0.4, -0.2) is 0 Å². The molecule has 0 radical (unpaired) electrons. The molecule has 0 aliphatic carbocycles. The first-order chi connectivity index (χ1) is 6.24. The summed E-state index contributed by atoms with van der Waals surface area (Å²) in [6.07, 6.45) is 0. The van der Waals surface area contributed by atoms with Gasteiger partial charge in [0.25, 0.3) is 0 Å². The number of nitrogen functional groups attached to an aromatic ring is 2. The first-order valence-electron chi connectivity index (χ1n) is 3.84. The second-order valence-corrected chi connectivity index (χ2v) is 4.04. The number of hydrogen-bond donors (Lipinski definition) is 2. The molecule has 1 aromatic heterocycles. The van der Waals surface area contributed by atoms with Gasteiger partial charge < -0.3 is 11.5 Å². The molecule has 13 heavy (non-hydrogen) atoms. The third-order valence-corrected chi connectivity index (χ3v) is 3.21. The maximum absolute atomic E-state index is 5.81. The Morgan fingerprint density at radius 2 is 2.15 bits per heavy atom. The molecule has 2 rings (SSSR count). The van der Waals surface area contributed by atoms with Crippen LogP contribution < -0.4 is 11.5 Å². The predicted octanol–water partition coefficient (Wildman–Crippen LogP) is 2.80. The second-order valence-electron chi connectivity index (χ2n) is 2.82. The molecule has 0 amide bonds. The standard InChI is InChI=1S/C9H9ClN2S/c10-4-6-5-1-2-13-8(5)3-7(11)9(6)12/h1-3H,4,11-12H2. The molecule has 0 aliphatic heterocycles. The molecule has 1 aromatic carbocycles. The monoisotopic (exact) mass is 212 g/mol. The molecule has 4 N–H and O–H groups in total. The third-order valence-electron chi connectivity index (χ3n) is 2.08. The lowest BCUT2D eigenvalue weighted by atomic mass is 10.1. The molecule has 0 aliphatic rings. The average Bonchev–Trinajstić information content (AvgIpc) is 2.54. The molecular formula is C9H9ClN2S. The van der Waals surface area contributed by atoms with Gasteiger partial charge in [-0.15, -0.1) is 22.9 Å². The first kappa shape index (κ1) is 8.66. The summed E-state index contributed by atoms with van der Waals surface area (Å²) < 4.78 is 1.14. The molecule has 4 heteroatoms. The molecule has 0 spiro atoms. The van der Waals surface area contributed by atoms with E-state index in [1.807, 2.05) is 17.5 Å². The predicted molar refractivity (Wildman–Crippen MR) is 60.2 cm³/mol. The highest BCUT2D eigenvalue weighted by Gasteiger charge is 2.08. The van der Waals surface area contributed by atoms with Gasteiger partial charge in [0.1, 0.15) is 0 Å². The fourth-order valence-electron chi connectivity index (χ4n) is 1.36. The van der Waals surface area contributed by atoms with Crippen LogP contribution >= 0.6 is 22.9 Å². The Balaban J connectivity index is 2.87. The van der Waals surface area contributed by atoms with Crippen molar-refractivity contribution in [2.75, 3.05) is 11.5 Å². The number of rotatable bonds is 1. The highest BCUT2D eigenvalue weighted by molar-refractivity contribution is 7.17. The number of alkyl halides is 1. The van der Waals surface area contributed by atoms with Crippen LogP contribution in [0.15, 0.2) is 17.5 Å². The third kappa shape index (κ3) is 1.24.